The lowest BCUT2D eigenvalue weighted by Gasteiger charge is -2.34. The Bertz CT molecular complexity index is 346. The van der Waals surface area contributed by atoms with Gasteiger partial charge in [-0.15, -0.1) is 0 Å². The Morgan fingerprint density at radius 1 is 1.22 bits per heavy atom. The van der Waals surface area contributed by atoms with Crippen molar-refractivity contribution in [2.45, 2.75) is 38.1 Å². The van der Waals surface area contributed by atoms with Crippen LogP contribution in [0.3, 0.4) is 0 Å². The molecule has 0 aromatic carbocycles. The molecule has 2 fully saturated rings. The van der Waals surface area contributed by atoms with Gasteiger partial charge in [0.25, 0.3) is 0 Å². The van der Waals surface area contributed by atoms with Crippen molar-refractivity contribution in [3.63, 3.8) is 0 Å². The summed E-state index contributed by atoms with van der Waals surface area (Å²) >= 11 is 0. The zero-order valence-corrected chi connectivity index (χ0v) is 10.6. The third kappa shape index (κ3) is 2.93. The maximum absolute atomic E-state index is 11.8. The van der Waals surface area contributed by atoms with Gasteiger partial charge in [-0.2, -0.15) is 0 Å². The van der Waals surface area contributed by atoms with Gasteiger partial charge in [0, 0.05) is 25.3 Å². The van der Waals surface area contributed by atoms with Gasteiger partial charge in [0.05, 0.1) is 5.41 Å². The topological polar surface area (TPSA) is 87.7 Å². The molecule has 3 N–H and O–H groups in total. The van der Waals surface area contributed by atoms with E-state index in [-0.39, 0.29) is 18.1 Å². The van der Waals surface area contributed by atoms with Crippen LogP contribution in [0.25, 0.3) is 0 Å². The van der Waals surface area contributed by atoms with E-state index in [1.54, 1.807) is 0 Å². The van der Waals surface area contributed by atoms with Crippen molar-refractivity contribution in [2.24, 2.45) is 5.41 Å². The number of carboxylic acids is 1. The van der Waals surface area contributed by atoms with E-state index in [0.717, 1.165) is 12.8 Å². The number of amides is 2. The van der Waals surface area contributed by atoms with Crippen molar-refractivity contribution in [1.29, 1.82) is 0 Å². The van der Waals surface area contributed by atoms with Crippen molar-refractivity contribution >= 4 is 12.0 Å². The summed E-state index contributed by atoms with van der Waals surface area (Å²) in [6.07, 6.45) is 2.86. The van der Waals surface area contributed by atoms with Crippen molar-refractivity contribution in [2.75, 3.05) is 19.8 Å². The minimum Gasteiger partial charge on any atom is -0.481 e. The number of carbonyl (C=O) groups is 2. The molecule has 2 rings (SSSR count). The second kappa shape index (κ2) is 4.76. The van der Waals surface area contributed by atoms with Gasteiger partial charge in [0.2, 0.25) is 0 Å². The molecule has 6 heteroatoms. The third-order valence-corrected chi connectivity index (χ3v) is 3.91. The summed E-state index contributed by atoms with van der Waals surface area (Å²) < 4.78 is 5.25. The maximum Gasteiger partial charge on any atom is 0.315 e. The molecule has 0 atom stereocenters. The minimum atomic E-state index is -0.819. The van der Waals surface area contributed by atoms with Gasteiger partial charge in [-0.1, -0.05) is 0 Å². The first-order valence-corrected chi connectivity index (χ1v) is 6.33. The molecule has 2 amide bonds. The van der Waals surface area contributed by atoms with Gasteiger partial charge < -0.3 is 20.5 Å². The van der Waals surface area contributed by atoms with E-state index in [1.165, 1.54) is 0 Å². The van der Waals surface area contributed by atoms with Crippen molar-refractivity contribution in [3.05, 3.63) is 0 Å². The number of rotatable bonds is 4. The Morgan fingerprint density at radius 2 is 1.83 bits per heavy atom. The molecule has 0 bridgehead atoms. The highest BCUT2D eigenvalue weighted by Crippen LogP contribution is 2.45. The third-order valence-electron chi connectivity index (χ3n) is 3.91. The summed E-state index contributed by atoms with van der Waals surface area (Å²) in [6.45, 7) is 3.49. The lowest BCUT2D eigenvalue weighted by molar-refractivity contribution is -0.143. The van der Waals surface area contributed by atoms with Crippen LogP contribution in [-0.4, -0.2) is 42.4 Å². The summed E-state index contributed by atoms with van der Waals surface area (Å²) in [5.41, 5.74) is -0.962. The molecule has 1 saturated carbocycles. The number of ether oxygens (including phenoxy) is 1. The second-order valence-corrected chi connectivity index (χ2v) is 5.57. The van der Waals surface area contributed by atoms with E-state index >= 15 is 0 Å². The molecule has 0 aromatic rings. The minimum absolute atomic E-state index is 0.209. The highest BCUT2D eigenvalue weighted by atomic mass is 16.5. The van der Waals surface area contributed by atoms with Crippen LogP contribution in [0.5, 0.6) is 0 Å². The Balaban J connectivity index is 1.77. The number of nitrogens with one attached hydrogen (secondary N) is 2. The molecule has 0 spiro atoms. The summed E-state index contributed by atoms with van der Waals surface area (Å²) in [6, 6.07) is -0.285. The lowest BCUT2D eigenvalue weighted by Crippen LogP contribution is -2.53. The normalized spacial score (nSPS) is 24.1. The zero-order valence-electron chi connectivity index (χ0n) is 10.6. The number of hydrogen-bond donors (Lipinski definition) is 3. The number of hydrogen-bond acceptors (Lipinski definition) is 3. The second-order valence-electron chi connectivity index (χ2n) is 5.57. The first-order chi connectivity index (χ1) is 8.46. The quantitative estimate of drug-likeness (QED) is 0.691. The SMILES string of the molecule is CC1(NC(=O)NCC2(C(=O)O)CC2)CCOCC1. The summed E-state index contributed by atoms with van der Waals surface area (Å²) in [5.74, 6) is -0.819. The molecule has 1 aliphatic carbocycles. The molecule has 1 heterocycles. The number of urea groups is 1. The number of aliphatic carboxylic acids is 1. The van der Waals surface area contributed by atoms with Gasteiger partial charge in [0.1, 0.15) is 0 Å². The summed E-state index contributed by atoms with van der Waals surface area (Å²) in [4.78, 5) is 22.7. The van der Waals surface area contributed by atoms with Gasteiger partial charge in [-0.05, 0) is 32.6 Å². The molecule has 1 saturated heterocycles. The Labute approximate surface area is 106 Å². The van der Waals surface area contributed by atoms with Crippen molar-refractivity contribution in [3.8, 4) is 0 Å². The average molecular weight is 256 g/mol. The highest BCUT2D eigenvalue weighted by molar-refractivity contribution is 5.80. The molecule has 0 aromatic heterocycles. The Kier molecular flexibility index (Phi) is 3.47. The van der Waals surface area contributed by atoms with E-state index in [1.807, 2.05) is 6.92 Å². The zero-order chi connectivity index (χ0) is 13.2. The van der Waals surface area contributed by atoms with Gasteiger partial charge in [0.15, 0.2) is 0 Å². The molecular formula is C12H20N2O4. The summed E-state index contributed by atoms with van der Waals surface area (Å²) in [7, 11) is 0. The first kappa shape index (κ1) is 13.1. The fourth-order valence-corrected chi connectivity index (χ4v) is 2.13. The Morgan fingerprint density at radius 3 is 2.33 bits per heavy atom. The molecule has 0 radical (unpaired) electrons. The van der Waals surface area contributed by atoms with Crippen LogP contribution in [0.1, 0.15) is 32.6 Å². The van der Waals surface area contributed by atoms with Crippen LogP contribution >= 0.6 is 0 Å². The van der Waals surface area contributed by atoms with Crippen molar-refractivity contribution in [1.82, 2.24) is 10.6 Å². The van der Waals surface area contributed by atoms with Crippen LogP contribution in [0.15, 0.2) is 0 Å². The van der Waals surface area contributed by atoms with Crippen molar-refractivity contribution < 1.29 is 19.4 Å². The largest absolute Gasteiger partial charge is 0.481 e. The fraction of sp³-hybridized carbons (Fsp3) is 0.833. The van der Waals surface area contributed by atoms with Crippen LogP contribution < -0.4 is 10.6 Å². The van der Waals surface area contributed by atoms with E-state index in [4.69, 9.17) is 9.84 Å². The fourth-order valence-electron chi connectivity index (χ4n) is 2.13. The molecule has 18 heavy (non-hydrogen) atoms. The summed E-state index contributed by atoms with van der Waals surface area (Å²) in [5, 5.41) is 14.6. The maximum atomic E-state index is 11.8. The van der Waals surface area contributed by atoms with Crippen LogP contribution in [-0.2, 0) is 9.53 Å². The predicted molar refractivity (Wildman–Crippen MR) is 64.3 cm³/mol. The lowest BCUT2D eigenvalue weighted by atomic mass is 9.93. The molecule has 0 unspecified atom stereocenters. The molecule has 6 nitrogen and oxygen atoms in total. The first-order valence-electron chi connectivity index (χ1n) is 6.33. The number of carboxylic acid groups (broad SMARTS) is 1. The molecule has 1 aliphatic heterocycles. The number of carbonyl (C=O) groups excluding carboxylic acids is 1. The van der Waals surface area contributed by atoms with Crippen LogP contribution in [0.4, 0.5) is 4.79 Å². The van der Waals surface area contributed by atoms with E-state index < -0.39 is 11.4 Å². The van der Waals surface area contributed by atoms with E-state index in [2.05, 4.69) is 10.6 Å². The van der Waals surface area contributed by atoms with E-state index in [0.29, 0.717) is 26.1 Å². The molecule has 102 valence electrons. The predicted octanol–water partition coefficient (Wildman–Crippen LogP) is 0.719. The van der Waals surface area contributed by atoms with Crippen LogP contribution in [0, 0.1) is 5.41 Å². The van der Waals surface area contributed by atoms with E-state index in [9.17, 15) is 9.59 Å². The molecular weight excluding hydrogens is 236 g/mol. The highest BCUT2D eigenvalue weighted by Gasteiger charge is 2.50. The average Bonchev–Trinajstić information content (AvgIpc) is 3.08. The molecule has 2 aliphatic rings. The monoisotopic (exact) mass is 256 g/mol. The standard InChI is InChI=1S/C12H20N2O4/c1-11(4-6-18-7-5-11)14-10(17)13-8-12(2-3-12)9(15)16/h2-8H2,1H3,(H,15,16)(H2,13,14,17). The van der Waals surface area contributed by atoms with Gasteiger partial charge in [-0.3, -0.25) is 4.79 Å². The van der Waals surface area contributed by atoms with Gasteiger partial charge >= 0.3 is 12.0 Å². The smallest absolute Gasteiger partial charge is 0.315 e. The van der Waals surface area contributed by atoms with Crippen LogP contribution in [0.2, 0.25) is 0 Å². The van der Waals surface area contributed by atoms with Gasteiger partial charge in [-0.25, -0.2) is 4.79 Å². The Hall–Kier alpha value is -1.30.